The van der Waals surface area contributed by atoms with E-state index in [1.807, 2.05) is 6.92 Å². The van der Waals surface area contributed by atoms with Crippen molar-refractivity contribution in [2.24, 2.45) is 0 Å². The molecule has 1 unspecified atom stereocenters. The predicted octanol–water partition coefficient (Wildman–Crippen LogP) is 2.66. The highest BCUT2D eigenvalue weighted by molar-refractivity contribution is 6.31. The first-order chi connectivity index (χ1) is 5.65. The van der Waals surface area contributed by atoms with E-state index in [-0.39, 0.29) is 13.5 Å². The maximum atomic E-state index is 5.88. The summed E-state index contributed by atoms with van der Waals surface area (Å²) in [5.41, 5.74) is 6.76. The largest absolute Gasteiger partial charge is 0.397 e. The molecule has 0 spiro atoms. The molecule has 3 nitrogen and oxygen atoms in total. The average Bonchev–Trinajstić information content (AvgIpc) is 2.03. The molecule has 0 saturated heterocycles. The third-order valence-corrected chi connectivity index (χ3v) is 1.93. The Labute approximate surface area is 83.9 Å². The zero-order valence-electron chi connectivity index (χ0n) is 7.04. The lowest BCUT2D eigenvalue weighted by Crippen LogP contribution is -2.01. The molecule has 0 aliphatic heterocycles. The molecular weight excluding hydrogens is 188 g/mol. The first kappa shape index (κ1) is 12.2. The van der Waals surface area contributed by atoms with Gasteiger partial charge in [-0.15, -0.1) is 0 Å². The molecule has 2 N–H and O–H groups in total. The molecule has 0 bridgehead atoms. The lowest BCUT2D eigenvalue weighted by Gasteiger charge is -2.10. The van der Waals surface area contributed by atoms with Crippen LogP contribution in [0.2, 0.25) is 5.02 Å². The number of halogens is 1. The van der Waals surface area contributed by atoms with E-state index < -0.39 is 0 Å². The van der Waals surface area contributed by atoms with Gasteiger partial charge in [0.15, 0.2) is 0 Å². The van der Waals surface area contributed by atoms with E-state index in [2.05, 4.69) is 4.98 Å². The molecule has 4 heteroatoms. The molecule has 74 valence electrons. The highest BCUT2D eigenvalue weighted by Gasteiger charge is 2.09. The SMILES string of the molecule is C.COC(C)c1ncc(N)cc1Cl. The van der Waals surface area contributed by atoms with Crippen molar-refractivity contribution in [3.63, 3.8) is 0 Å². The zero-order valence-corrected chi connectivity index (χ0v) is 7.80. The van der Waals surface area contributed by atoms with Crippen molar-refractivity contribution in [3.8, 4) is 0 Å². The third kappa shape index (κ3) is 2.86. The van der Waals surface area contributed by atoms with Crippen molar-refractivity contribution in [1.82, 2.24) is 4.98 Å². The summed E-state index contributed by atoms with van der Waals surface area (Å²) in [6.07, 6.45) is 1.47. The molecule has 1 atom stereocenters. The molecule has 0 fully saturated rings. The minimum Gasteiger partial charge on any atom is -0.397 e. The van der Waals surface area contributed by atoms with Crippen molar-refractivity contribution in [1.29, 1.82) is 0 Å². The standard InChI is InChI=1S/C8H11ClN2O.CH4/c1-5(12-2)8-7(9)3-6(10)4-11-8;/h3-5H,10H2,1-2H3;1H4. The van der Waals surface area contributed by atoms with Gasteiger partial charge in [-0.25, -0.2) is 0 Å². The summed E-state index contributed by atoms with van der Waals surface area (Å²) < 4.78 is 5.07. The number of hydrogen-bond donors (Lipinski definition) is 1. The van der Waals surface area contributed by atoms with E-state index in [1.165, 1.54) is 0 Å². The maximum absolute atomic E-state index is 5.88. The quantitative estimate of drug-likeness (QED) is 0.802. The molecule has 0 saturated carbocycles. The number of nitrogens with two attached hydrogens (primary N) is 1. The van der Waals surface area contributed by atoms with E-state index in [4.69, 9.17) is 22.1 Å². The summed E-state index contributed by atoms with van der Waals surface area (Å²) in [6, 6.07) is 1.67. The van der Waals surface area contributed by atoms with Gasteiger partial charge in [-0.1, -0.05) is 19.0 Å². The zero-order chi connectivity index (χ0) is 9.14. The number of ether oxygens (including phenoxy) is 1. The predicted molar refractivity (Wildman–Crippen MR) is 55.8 cm³/mol. The van der Waals surface area contributed by atoms with Crippen LogP contribution >= 0.6 is 11.6 Å². The van der Waals surface area contributed by atoms with E-state index >= 15 is 0 Å². The van der Waals surface area contributed by atoms with Crippen LogP contribution in [0.3, 0.4) is 0 Å². The lowest BCUT2D eigenvalue weighted by atomic mass is 10.2. The van der Waals surface area contributed by atoms with Gasteiger partial charge in [-0.2, -0.15) is 0 Å². The minimum atomic E-state index is -0.0990. The Morgan fingerprint density at radius 1 is 1.62 bits per heavy atom. The summed E-state index contributed by atoms with van der Waals surface area (Å²) >= 11 is 5.88. The molecule has 1 aromatic heterocycles. The van der Waals surface area contributed by atoms with Gasteiger partial charge < -0.3 is 10.5 Å². The Hall–Kier alpha value is -0.800. The van der Waals surface area contributed by atoms with Gasteiger partial charge in [-0.3, -0.25) is 4.98 Å². The molecular formula is C9H15ClN2O. The number of methoxy groups -OCH3 is 1. The van der Waals surface area contributed by atoms with E-state index in [9.17, 15) is 0 Å². The third-order valence-electron chi connectivity index (χ3n) is 1.63. The average molecular weight is 203 g/mol. The number of nitrogens with zero attached hydrogens (tertiary/aromatic N) is 1. The number of nitrogen functional groups attached to an aromatic ring is 1. The fourth-order valence-corrected chi connectivity index (χ4v) is 1.20. The van der Waals surface area contributed by atoms with Gasteiger partial charge in [0.05, 0.1) is 28.7 Å². The van der Waals surface area contributed by atoms with Crippen LogP contribution in [0.1, 0.15) is 26.1 Å². The van der Waals surface area contributed by atoms with Gasteiger partial charge in [0.2, 0.25) is 0 Å². The molecule has 0 aliphatic carbocycles. The van der Waals surface area contributed by atoms with Crippen LogP contribution in [0.4, 0.5) is 5.69 Å². The summed E-state index contributed by atoms with van der Waals surface area (Å²) in [5.74, 6) is 0. The Balaban J connectivity index is 0.00000144. The molecule has 0 aliphatic rings. The van der Waals surface area contributed by atoms with Gasteiger partial charge in [-0.05, 0) is 13.0 Å². The number of pyridine rings is 1. The first-order valence-electron chi connectivity index (χ1n) is 3.59. The minimum absolute atomic E-state index is 0. The number of rotatable bonds is 2. The van der Waals surface area contributed by atoms with Gasteiger partial charge in [0.25, 0.3) is 0 Å². The highest BCUT2D eigenvalue weighted by Crippen LogP contribution is 2.23. The van der Waals surface area contributed by atoms with Crippen LogP contribution in [0.25, 0.3) is 0 Å². The van der Waals surface area contributed by atoms with E-state index in [1.54, 1.807) is 19.4 Å². The van der Waals surface area contributed by atoms with Crippen molar-refractivity contribution >= 4 is 17.3 Å². The second-order valence-electron chi connectivity index (χ2n) is 2.51. The van der Waals surface area contributed by atoms with Crippen LogP contribution in [0, 0.1) is 0 Å². The molecule has 0 aromatic carbocycles. The van der Waals surface area contributed by atoms with Gasteiger partial charge in [0.1, 0.15) is 0 Å². The highest BCUT2D eigenvalue weighted by atomic mass is 35.5. The normalized spacial score (nSPS) is 11.9. The van der Waals surface area contributed by atoms with Crippen LogP contribution < -0.4 is 5.73 Å². The van der Waals surface area contributed by atoms with Crippen molar-refractivity contribution in [3.05, 3.63) is 23.0 Å². The second-order valence-corrected chi connectivity index (χ2v) is 2.92. The summed E-state index contributed by atoms with van der Waals surface area (Å²) in [7, 11) is 1.61. The molecule has 0 amide bonds. The molecule has 1 rings (SSSR count). The van der Waals surface area contributed by atoms with Crippen molar-refractivity contribution < 1.29 is 4.74 Å². The second kappa shape index (κ2) is 5.04. The smallest absolute Gasteiger partial charge is 0.0977 e. The Morgan fingerprint density at radius 2 is 2.23 bits per heavy atom. The van der Waals surface area contributed by atoms with Crippen molar-refractivity contribution in [2.75, 3.05) is 12.8 Å². The Bertz CT molecular complexity index is 278. The van der Waals surface area contributed by atoms with Crippen molar-refractivity contribution in [2.45, 2.75) is 20.5 Å². The topological polar surface area (TPSA) is 48.1 Å². The van der Waals surface area contributed by atoms with Gasteiger partial charge in [0, 0.05) is 7.11 Å². The Morgan fingerprint density at radius 3 is 2.69 bits per heavy atom. The number of aromatic nitrogens is 1. The fraction of sp³-hybridized carbons (Fsp3) is 0.444. The monoisotopic (exact) mass is 202 g/mol. The summed E-state index contributed by atoms with van der Waals surface area (Å²) in [6.45, 7) is 1.88. The van der Waals surface area contributed by atoms with E-state index in [0.717, 1.165) is 0 Å². The molecule has 1 heterocycles. The first-order valence-corrected chi connectivity index (χ1v) is 3.96. The maximum Gasteiger partial charge on any atom is 0.0977 e. The molecule has 13 heavy (non-hydrogen) atoms. The fourth-order valence-electron chi connectivity index (χ4n) is 0.874. The number of anilines is 1. The molecule has 1 aromatic rings. The van der Waals surface area contributed by atoms with Gasteiger partial charge >= 0.3 is 0 Å². The number of hydrogen-bond acceptors (Lipinski definition) is 3. The summed E-state index contributed by atoms with van der Waals surface area (Å²) in [4.78, 5) is 4.07. The summed E-state index contributed by atoms with van der Waals surface area (Å²) in [5, 5.41) is 0.546. The lowest BCUT2D eigenvalue weighted by molar-refractivity contribution is 0.116. The Kier molecular flexibility index (Phi) is 4.73. The molecule has 0 radical (unpaired) electrons. The van der Waals surface area contributed by atoms with Crippen LogP contribution in [-0.2, 0) is 4.74 Å². The van der Waals surface area contributed by atoms with E-state index in [0.29, 0.717) is 16.4 Å². The van der Waals surface area contributed by atoms with Crippen LogP contribution in [0.5, 0.6) is 0 Å². The van der Waals surface area contributed by atoms with Crippen LogP contribution in [0.15, 0.2) is 12.3 Å². The van der Waals surface area contributed by atoms with Crippen LogP contribution in [-0.4, -0.2) is 12.1 Å².